The van der Waals surface area contributed by atoms with Gasteiger partial charge in [-0.05, 0) is 55.0 Å². The van der Waals surface area contributed by atoms with Crippen molar-refractivity contribution >= 4 is 69.9 Å². The van der Waals surface area contributed by atoms with Gasteiger partial charge >= 0.3 is 0 Å². The van der Waals surface area contributed by atoms with E-state index in [1.54, 1.807) is 86.2 Å². The zero-order chi connectivity index (χ0) is 29.7. The van der Waals surface area contributed by atoms with Gasteiger partial charge in [0.15, 0.2) is 11.4 Å². The maximum absolute atomic E-state index is 12.9. The van der Waals surface area contributed by atoms with Gasteiger partial charge in [-0.2, -0.15) is 0 Å². The summed E-state index contributed by atoms with van der Waals surface area (Å²) in [6, 6.07) is 13.5. The molecule has 0 saturated heterocycles. The number of rotatable bonds is 9. The summed E-state index contributed by atoms with van der Waals surface area (Å²) in [5.74, 6) is -0.566. The molecule has 0 radical (unpaired) electrons. The van der Waals surface area contributed by atoms with Crippen LogP contribution in [-0.4, -0.2) is 47.7 Å². The lowest BCUT2D eigenvalue weighted by atomic mass is 10.1. The van der Waals surface area contributed by atoms with Crippen LogP contribution in [0.15, 0.2) is 60.8 Å². The smallest absolute Gasteiger partial charge is 0.251 e. The van der Waals surface area contributed by atoms with E-state index in [0.717, 1.165) is 5.56 Å². The Morgan fingerprint density at radius 3 is 2.51 bits per heavy atom. The van der Waals surface area contributed by atoms with Gasteiger partial charge in [-0.25, -0.2) is 4.98 Å². The average Bonchev–Trinajstić information content (AvgIpc) is 3.27. The van der Waals surface area contributed by atoms with Crippen LogP contribution in [0.5, 0.6) is 5.75 Å². The SMILES string of the molecule is CNC(=O)c1ccc(/C=C/C(=O)NCC(=O)N(C)c2ccc(Cl)c(COc3cccn4c(Cl)c(C)nc34)c2Cl)cc1. The van der Waals surface area contributed by atoms with E-state index < -0.39 is 11.8 Å². The molecule has 0 aliphatic carbocycles. The maximum atomic E-state index is 12.9. The van der Waals surface area contributed by atoms with Gasteiger partial charge < -0.3 is 20.3 Å². The number of fused-ring (bicyclic) bond motifs is 1. The van der Waals surface area contributed by atoms with Crippen molar-refractivity contribution < 1.29 is 19.1 Å². The number of hydrogen-bond acceptors (Lipinski definition) is 5. The van der Waals surface area contributed by atoms with Crippen molar-refractivity contribution in [3.8, 4) is 5.75 Å². The van der Waals surface area contributed by atoms with Crippen LogP contribution >= 0.6 is 34.8 Å². The molecule has 4 aromatic rings. The summed E-state index contributed by atoms with van der Waals surface area (Å²) >= 11 is 19.4. The van der Waals surface area contributed by atoms with E-state index in [0.29, 0.717) is 44.1 Å². The van der Waals surface area contributed by atoms with Gasteiger partial charge in [-0.3, -0.25) is 18.8 Å². The van der Waals surface area contributed by atoms with Crippen LogP contribution in [0, 0.1) is 6.92 Å². The first-order valence-electron chi connectivity index (χ1n) is 12.4. The molecule has 0 spiro atoms. The second-order valence-corrected chi connectivity index (χ2v) is 10.0. The molecule has 0 fully saturated rings. The Morgan fingerprint density at radius 2 is 1.80 bits per heavy atom. The van der Waals surface area contributed by atoms with Crippen molar-refractivity contribution in [2.45, 2.75) is 13.5 Å². The number of carbonyl (C=O) groups is 3. The zero-order valence-corrected chi connectivity index (χ0v) is 24.6. The number of imidazole rings is 1. The molecule has 0 atom stereocenters. The summed E-state index contributed by atoms with van der Waals surface area (Å²) in [4.78, 5) is 42.6. The predicted molar refractivity (Wildman–Crippen MR) is 161 cm³/mol. The molecule has 3 amide bonds. The molecule has 2 aromatic heterocycles. The molecule has 41 heavy (non-hydrogen) atoms. The monoisotopic (exact) mass is 613 g/mol. The first-order chi connectivity index (χ1) is 19.6. The van der Waals surface area contributed by atoms with E-state index in [1.165, 1.54) is 11.0 Å². The number of ether oxygens (including phenoxy) is 1. The van der Waals surface area contributed by atoms with Gasteiger partial charge in [-0.1, -0.05) is 46.9 Å². The number of aryl methyl sites for hydroxylation is 1. The van der Waals surface area contributed by atoms with E-state index in [2.05, 4.69) is 15.6 Å². The summed E-state index contributed by atoms with van der Waals surface area (Å²) in [6.45, 7) is 1.56. The fraction of sp³-hybridized carbons (Fsp3) is 0.172. The summed E-state index contributed by atoms with van der Waals surface area (Å²) in [5, 5.41) is 6.20. The standard InChI is InChI=1S/C29H26Cl3N5O4/c1-17-27(32)37-14-4-5-23(28(37)35-17)41-16-20-21(30)11-12-22(26(20)31)36(3)25(39)15-34-24(38)13-8-18-6-9-19(10-7-18)29(40)33-2/h4-14H,15-16H2,1-3H3,(H,33,40)(H,34,38)/b13-8+. The van der Waals surface area contributed by atoms with Crippen LogP contribution < -0.4 is 20.3 Å². The molecule has 0 bridgehead atoms. The number of pyridine rings is 1. The number of halogens is 3. The van der Waals surface area contributed by atoms with Crippen molar-refractivity contribution in [1.29, 1.82) is 0 Å². The molecule has 12 heteroatoms. The van der Waals surface area contributed by atoms with Gasteiger partial charge in [0.25, 0.3) is 5.91 Å². The first-order valence-corrected chi connectivity index (χ1v) is 13.5. The third-order valence-corrected chi connectivity index (χ3v) is 7.46. The maximum Gasteiger partial charge on any atom is 0.251 e. The fourth-order valence-electron chi connectivity index (χ4n) is 3.90. The summed E-state index contributed by atoms with van der Waals surface area (Å²) in [5.41, 5.74) is 3.33. The van der Waals surface area contributed by atoms with Crippen LogP contribution in [0.25, 0.3) is 11.7 Å². The lowest BCUT2D eigenvalue weighted by Gasteiger charge is -2.21. The van der Waals surface area contributed by atoms with Crippen molar-refractivity contribution in [2.75, 3.05) is 25.5 Å². The lowest BCUT2D eigenvalue weighted by molar-refractivity contribution is -0.122. The minimum Gasteiger partial charge on any atom is -0.485 e. The highest BCUT2D eigenvalue weighted by atomic mass is 35.5. The summed E-state index contributed by atoms with van der Waals surface area (Å²) in [6.07, 6.45) is 4.67. The first kappa shape index (κ1) is 29.9. The normalized spacial score (nSPS) is 11.1. The number of amides is 3. The van der Waals surface area contributed by atoms with E-state index in [1.807, 2.05) is 0 Å². The van der Waals surface area contributed by atoms with E-state index in [-0.39, 0.29) is 24.1 Å². The van der Waals surface area contributed by atoms with Crippen LogP contribution in [0.2, 0.25) is 15.2 Å². The van der Waals surface area contributed by atoms with Crippen LogP contribution in [-0.2, 0) is 16.2 Å². The topological polar surface area (TPSA) is 105 Å². The average molecular weight is 615 g/mol. The fourth-order valence-corrected chi connectivity index (χ4v) is 4.69. The number of carbonyl (C=O) groups excluding carboxylic acids is 3. The van der Waals surface area contributed by atoms with Gasteiger partial charge in [0.05, 0.1) is 22.9 Å². The number of nitrogens with zero attached hydrogens (tertiary/aromatic N) is 3. The Balaban J connectivity index is 1.39. The Bertz CT molecular complexity index is 1650. The van der Waals surface area contributed by atoms with Crippen LogP contribution in [0.3, 0.4) is 0 Å². The highest BCUT2D eigenvalue weighted by Crippen LogP contribution is 2.35. The highest BCUT2D eigenvalue weighted by Gasteiger charge is 2.20. The van der Waals surface area contributed by atoms with Gasteiger partial charge in [0.2, 0.25) is 11.8 Å². The minimum absolute atomic E-state index is 0.0162. The Morgan fingerprint density at radius 1 is 1.07 bits per heavy atom. The zero-order valence-electron chi connectivity index (χ0n) is 22.4. The second kappa shape index (κ2) is 13.1. The molecular formula is C29H26Cl3N5O4. The van der Waals surface area contributed by atoms with Gasteiger partial charge in [-0.15, -0.1) is 0 Å². The van der Waals surface area contributed by atoms with E-state index in [4.69, 9.17) is 39.5 Å². The lowest BCUT2D eigenvalue weighted by Crippen LogP contribution is -2.37. The number of hydrogen-bond donors (Lipinski definition) is 2. The summed E-state index contributed by atoms with van der Waals surface area (Å²) in [7, 11) is 3.10. The molecular weight excluding hydrogens is 589 g/mol. The Labute approximate surface area is 251 Å². The largest absolute Gasteiger partial charge is 0.485 e. The molecule has 0 saturated carbocycles. The molecule has 2 N–H and O–H groups in total. The number of benzene rings is 2. The third-order valence-electron chi connectivity index (χ3n) is 6.23. The predicted octanol–water partition coefficient (Wildman–Crippen LogP) is 5.33. The Hall–Kier alpha value is -4.05. The van der Waals surface area contributed by atoms with Gasteiger partial charge in [0.1, 0.15) is 11.8 Å². The van der Waals surface area contributed by atoms with Crippen molar-refractivity contribution in [1.82, 2.24) is 20.0 Å². The second-order valence-electron chi connectivity index (χ2n) is 8.91. The quantitative estimate of drug-likeness (QED) is 0.248. The van der Waals surface area contributed by atoms with Crippen molar-refractivity contribution in [3.05, 3.63) is 98.4 Å². The van der Waals surface area contributed by atoms with E-state index in [9.17, 15) is 14.4 Å². The minimum atomic E-state index is -0.457. The molecule has 0 aliphatic heterocycles. The number of nitrogens with one attached hydrogen (secondary N) is 2. The molecule has 212 valence electrons. The number of aromatic nitrogens is 2. The molecule has 0 unspecified atom stereocenters. The summed E-state index contributed by atoms with van der Waals surface area (Å²) < 4.78 is 7.71. The molecule has 9 nitrogen and oxygen atoms in total. The molecule has 2 aromatic carbocycles. The third kappa shape index (κ3) is 6.82. The highest BCUT2D eigenvalue weighted by molar-refractivity contribution is 6.38. The van der Waals surface area contributed by atoms with Crippen LogP contribution in [0.4, 0.5) is 5.69 Å². The number of likely N-dealkylation sites (N-methyl/N-ethyl adjacent to an activating group) is 1. The van der Waals surface area contributed by atoms with Crippen molar-refractivity contribution in [2.24, 2.45) is 0 Å². The molecule has 0 aliphatic rings. The number of anilines is 1. The molecule has 2 heterocycles. The van der Waals surface area contributed by atoms with Crippen molar-refractivity contribution in [3.63, 3.8) is 0 Å². The van der Waals surface area contributed by atoms with E-state index >= 15 is 0 Å². The van der Waals surface area contributed by atoms with Gasteiger partial charge in [0, 0.05) is 42.5 Å². The Kier molecular flexibility index (Phi) is 9.54. The molecule has 4 rings (SSSR count). The van der Waals surface area contributed by atoms with Crippen LogP contribution in [0.1, 0.15) is 27.2 Å².